The second-order valence-corrected chi connectivity index (χ2v) is 7.42. The molecule has 2 aromatic carbocycles. The van der Waals surface area contributed by atoms with Gasteiger partial charge in [0.25, 0.3) is 10.0 Å². The number of thioether (sulfide) groups is 1. The Hall–Kier alpha value is -2.13. The van der Waals surface area contributed by atoms with E-state index in [9.17, 15) is 22.0 Å². The van der Waals surface area contributed by atoms with Gasteiger partial charge in [-0.2, -0.15) is 0 Å². The van der Waals surface area contributed by atoms with Crippen molar-refractivity contribution in [3.63, 3.8) is 0 Å². The summed E-state index contributed by atoms with van der Waals surface area (Å²) in [7, 11) is -4.25. The lowest BCUT2D eigenvalue weighted by atomic mass is 10.3. The van der Waals surface area contributed by atoms with Crippen molar-refractivity contribution in [2.75, 3.05) is 17.1 Å². The van der Waals surface area contributed by atoms with Gasteiger partial charge in [0.1, 0.15) is 6.54 Å². The third-order valence-electron chi connectivity index (χ3n) is 3.12. The van der Waals surface area contributed by atoms with Gasteiger partial charge >= 0.3 is 5.97 Å². The van der Waals surface area contributed by atoms with E-state index in [0.29, 0.717) is 10.4 Å². The number of hydrogen-bond acceptors (Lipinski definition) is 4. The first-order valence-corrected chi connectivity index (χ1v) is 9.26. The van der Waals surface area contributed by atoms with Crippen molar-refractivity contribution in [2.45, 2.75) is 9.79 Å². The highest BCUT2D eigenvalue weighted by Crippen LogP contribution is 2.26. The molecule has 0 aliphatic rings. The van der Waals surface area contributed by atoms with Gasteiger partial charge in [0, 0.05) is 11.0 Å². The smallest absolute Gasteiger partial charge is 0.324 e. The number of hydrogen-bond donors (Lipinski definition) is 1. The highest BCUT2D eigenvalue weighted by atomic mass is 32.2. The number of carbonyl (C=O) groups is 1. The van der Waals surface area contributed by atoms with Crippen LogP contribution in [0.5, 0.6) is 0 Å². The molecule has 0 heterocycles. The number of carboxylic acids is 1. The average Bonchev–Trinajstić information content (AvgIpc) is 2.55. The van der Waals surface area contributed by atoms with Gasteiger partial charge in [0.2, 0.25) is 0 Å². The van der Waals surface area contributed by atoms with Gasteiger partial charge in [-0.1, -0.05) is 0 Å². The molecule has 0 radical (unpaired) electrons. The van der Waals surface area contributed by atoms with Crippen LogP contribution in [0.15, 0.2) is 52.3 Å². The summed E-state index contributed by atoms with van der Waals surface area (Å²) in [4.78, 5) is 11.7. The summed E-state index contributed by atoms with van der Waals surface area (Å²) < 4.78 is 52.4. The first kappa shape index (κ1) is 18.2. The van der Waals surface area contributed by atoms with Crippen molar-refractivity contribution in [2.24, 2.45) is 0 Å². The Balaban J connectivity index is 2.52. The standard InChI is InChI=1S/C15H13F2NO4S2/c1-23-11-3-5-12(6-4-11)24(21,22)18(9-15(19)20)10-2-7-13(16)14(17)8-10/h2-8H,9H2,1H3,(H,19,20). The molecule has 9 heteroatoms. The molecule has 0 aromatic heterocycles. The normalized spacial score (nSPS) is 11.3. The molecule has 2 rings (SSSR count). The molecule has 0 spiro atoms. The summed E-state index contributed by atoms with van der Waals surface area (Å²) in [6, 6.07) is 8.20. The zero-order chi connectivity index (χ0) is 17.9. The number of aliphatic carboxylic acids is 1. The van der Waals surface area contributed by atoms with E-state index in [2.05, 4.69) is 0 Å². The van der Waals surface area contributed by atoms with Gasteiger partial charge in [0.15, 0.2) is 11.6 Å². The Morgan fingerprint density at radius 1 is 1.12 bits per heavy atom. The Bertz CT molecular complexity index is 854. The third-order valence-corrected chi connectivity index (χ3v) is 5.65. The number of carboxylic acid groups (broad SMARTS) is 1. The van der Waals surface area contributed by atoms with Crippen LogP contribution >= 0.6 is 11.8 Å². The Morgan fingerprint density at radius 3 is 2.25 bits per heavy atom. The second-order valence-electron chi connectivity index (χ2n) is 4.68. The molecule has 2 aromatic rings. The third kappa shape index (κ3) is 3.85. The fourth-order valence-electron chi connectivity index (χ4n) is 1.95. The van der Waals surface area contributed by atoms with Crippen LogP contribution in [0.25, 0.3) is 0 Å². The zero-order valence-corrected chi connectivity index (χ0v) is 14.1. The van der Waals surface area contributed by atoms with Gasteiger partial charge in [-0.3, -0.25) is 9.10 Å². The van der Waals surface area contributed by atoms with E-state index in [-0.39, 0.29) is 10.6 Å². The van der Waals surface area contributed by atoms with Crippen LogP contribution < -0.4 is 4.31 Å². The van der Waals surface area contributed by atoms with Crippen molar-refractivity contribution in [1.29, 1.82) is 0 Å². The van der Waals surface area contributed by atoms with E-state index >= 15 is 0 Å². The number of sulfonamides is 1. The molecule has 0 saturated heterocycles. The fourth-order valence-corrected chi connectivity index (χ4v) is 3.77. The summed E-state index contributed by atoms with van der Waals surface area (Å²) in [6.07, 6.45) is 1.82. The van der Waals surface area contributed by atoms with Crippen LogP contribution in [0.1, 0.15) is 0 Å². The van der Waals surface area contributed by atoms with Gasteiger partial charge in [0.05, 0.1) is 10.6 Å². The maximum atomic E-state index is 13.4. The Kier molecular flexibility index (Phi) is 5.45. The minimum Gasteiger partial charge on any atom is -0.480 e. The number of rotatable bonds is 6. The lowest BCUT2D eigenvalue weighted by Crippen LogP contribution is -2.35. The molecule has 5 nitrogen and oxygen atoms in total. The molecular formula is C15H13F2NO4S2. The molecule has 0 fully saturated rings. The van der Waals surface area contributed by atoms with Crippen molar-refractivity contribution < 1.29 is 27.1 Å². The van der Waals surface area contributed by atoms with Crippen LogP contribution in [-0.2, 0) is 14.8 Å². The zero-order valence-electron chi connectivity index (χ0n) is 12.4. The van der Waals surface area contributed by atoms with E-state index < -0.39 is 34.2 Å². The molecule has 0 aliphatic heterocycles. The molecule has 0 amide bonds. The summed E-state index contributed by atoms with van der Waals surface area (Å²) >= 11 is 1.41. The molecule has 0 unspecified atom stereocenters. The fraction of sp³-hybridized carbons (Fsp3) is 0.133. The molecular weight excluding hydrogens is 360 g/mol. The highest BCUT2D eigenvalue weighted by Gasteiger charge is 2.27. The predicted molar refractivity (Wildman–Crippen MR) is 86.7 cm³/mol. The summed E-state index contributed by atoms with van der Waals surface area (Å²) in [5.41, 5.74) is -0.273. The molecule has 0 saturated carbocycles. The van der Waals surface area contributed by atoms with Crippen LogP contribution in [0.2, 0.25) is 0 Å². The lowest BCUT2D eigenvalue weighted by Gasteiger charge is -2.23. The topological polar surface area (TPSA) is 74.7 Å². The molecule has 1 N–H and O–H groups in total. The van der Waals surface area contributed by atoms with Crippen LogP contribution in [0, 0.1) is 11.6 Å². The molecule has 24 heavy (non-hydrogen) atoms. The highest BCUT2D eigenvalue weighted by molar-refractivity contribution is 7.98. The van der Waals surface area contributed by atoms with Crippen LogP contribution in [0.3, 0.4) is 0 Å². The number of anilines is 1. The largest absolute Gasteiger partial charge is 0.480 e. The van der Waals surface area contributed by atoms with Gasteiger partial charge < -0.3 is 5.11 Å². The van der Waals surface area contributed by atoms with Crippen molar-refractivity contribution in [3.05, 3.63) is 54.1 Å². The van der Waals surface area contributed by atoms with Gasteiger partial charge in [-0.05, 0) is 42.7 Å². The number of benzene rings is 2. The molecule has 0 bridgehead atoms. The van der Waals surface area contributed by atoms with E-state index in [1.807, 2.05) is 6.26 Å². The van der Waals surface area contributed by atoms with Crippen molar-refractivity contribution in [1.82, 2.24) is 0 Å². The maximum Gasteiger partial charge on any atom is 0.324 e. The Labute approximate surface area is 142 Å². The van der Waals surface area contributed by atoms with E-state index in [4.69, 9.17) is 5.11 Å². The van der Waals surface area contributed by atoms with Gasteiger partial charge in [-0.25, -0.2) is 17.2 Å². The number of nitrogens with zero attached hydrogens (tertiary/aromatic N) is 1. The van der Waals surface area contributed by atoms with Crippen molar-refractivity contribution >= 4 is 33.4 Å². The average molecular weight is 373 g/mol. The van der Waals surface area contributed by atoms with E-state index in [0.717, 1.165) is 17.0 Å². The van der Waals surface area contributed by atoms with Crippen LogP contribution in [0.4, 0.5) is 14.5 Å². The molecule has 0 aliphatic carbocycles. The van der Waals surface area contributed by atoms with Crippen LogP contribution in [-0.4, -0.2) is 32.3 Å². The van der Waals surface area contributed by atoms with E-state index in [1.54, 1.807) is 12.1 Å². The first-order valence-electron chi connectivity index (χ1n) is 6.59. The summed E-state index contributed by atoms with van der Waals surface area (Å²) in [5.74, 6) is -3.85. The number of halogens is 2. The second kappa shape index (κ2) is 7.18. The minimum atomic E-state index is -4.25. The summed E-state index contributed by atoms with van der Waals surface area (Å²) in [5, 5.41) is 8.98. The SMILES string of the molecule is CSc1ccc(S(=O)(=O)N(CC(=O)O)c2ccc(F)c(F)c2)cc1. The molecule has 0 atom stereocenters. The monoisotopic (exact) mass is 373 g/mol. The quantitative estimate of drug-likeness (QED) is 0.788. The Morgan fingerprint density at radius 2 is 1.75 bits per heavy atom. The molecule has 128 valence electrons. The minimum absolute atomic E-state index is 0.147. The van der Waals surface area contributed by atoms with Crippen molar-refractivity contribution in [3.8, 4) is 0 Å². The maximum absolute atomic E-state index is 13.4. The lowest BCUT2D eigenvalue weighted by molar-refractivity contribution is -0.135. The van der Waals surface area contributed by atoms with Gasteiger partial charge in [-0.15, -0.1) is 11.8 Å². The van der Waals surface area contributed by atoms with E-state index in [1.165, 1.54) is 23.9 Å². The first-order chi connectivity index (χ1) is 11.3. The summed E-state index contributed by atoms with van der Waals surface area (Å²) in [6.45, 7) is -0.919. The predicted octanol–water partition coefficient (Wildman–Crippen LogP) is 2.97.